The lowest BCUT2D eigenvalue weighted by molar-refractivity contribution is -0.141. The molecule has 18 heavy (non-hydrogen) atoms. The highest BCUT2D eigenvalue weighted by molar-refractivity contribution is 6.84. The highest BCUT2D eigenvalue weighted by atomic mass is 28.4. The van der Waals surface area contributed by atoms with Crippen molar-refractivity contribution in [1.29, 1.82) is 0 Å². The van der Waals surface area contributed by atoms with Gasteiger partial charge in [0.25, 0.3) is 0 Å². The van der Waals surface area contributed by atoms with Crippen LogP contribution in [0.5, 0.6) is 0 Å². The Labute approximate surface area is 110 Å². The standard InChI is InChI=1S/C14H22O3Si/c1-13(15)16-11-7-8-12-17-18(2,3)14-9-5-4-6-10-14/h4-6,9-10H,7-8,11-12H2,1-3H3. The van der Waals surface area contributed by atoms with E-state index in [4.69, 9.17) is 9.16 Å². The molecule has 3 nitrogen and oxygen atoms in total. The van der Waals surface area contributed by atoms with Gasteiger partial charge in [-0.2, -0.15) is 0 Å². The minimum absolute atomic E-state index is 0.213. The summed E-state index contributed by atoms with van der Waals surface area (Å²) in [5, 5.41) is 1.31. The molecule has 0 radical (unpaired) electrons. The van der Waals surface area contributed by atoms with Gasteiger partial charge in [-0.05, 0) is 31.1 Å². The van der Waals surface area contributed by atoms with Crippen molar-refractivity contribution in [2.75, 3.05) is 13.2 Å². The molecule has 4 heteroatoms. The number of carbonyl (C=O) groups excluding carboxylic acids is 1. The normalized spacial score (nSPS) is 11.3. The molecule has 1 aromatic rings. The number of rotatable bonds is 7. The lowest BCUT2D eigenvalue weighted by atomic mass is 10.3. The molecule has 1 aromatic carbocycles. The van der Waals surface area contributed by atoms with Crippen LogP contribution in [0.3, 0.4) is 0 Å². The number of carbonyl (C=O) groups is 1. The Balaban J connectivity index is 2.24. The lowest BCUT2D eigenvalue weighted by Gasteiger charge is -2.23. The first-order valence-electron chi connectivity index (χ1n) is 6.35. The largest absolute Gasteiger partial charge is 0.466 e. The predicted molar refractivity (Wildman–Crippen MR) is 75.4 cm³/mol. The van der Waals surface area contributed by atoms with Gasteiger partial charge in [0.1, 0.15) is 0 Å². The molecule has 100 valence electrons. The number of hydrogen-bond donors (Lipinski definition) is 0. The van der Waals surface area contributed by atoms with Gasteiger partial charge in [-0.1, -0.05) is 30.3 Å². The summed E-state index contributed by atoms with van der Waals surface area (Å²) in [6.45, 7) is 7.06. The lowest BCUT2D eigenvalue weighted by Crippen LogP contribution is -2.44. The number of esters is 1. The highest BCUT2D eigenvalue weighted by Crippen LogP contribution is 2.06. The Morgan fingerprint density at radius 1 is 1.11 bits per heavy atom. The van der Waals surface area contributed by atoms with Crippen LogP contribution in [0.4, 0.5) is 0 Å². The van der Waals surface area contributed by atoms with Gasteiger partial charge in [0.2, 0.25) is 8.32 Å². The summed E-state index contributed by atoms with van der Waals surface area (Å²) in [5.74, 6) is -0.213. The van der Waals surface area contributed by atoms with E-state index < -0.39 is 8.32 Å². The average Bonchev–Trinajstić information content (AvgIpc) is 2.34. The van der Waals surface area contributed by atoms with E-state index >= 15 is 0 Å². The second-order valence-electron chi connectivity index (χ2n) is 4.77. The molecule has 0 fully saturated rings. The molecule has 0 aliphatic carbocycles. The van der Waals surface area contributed by atoms with Crippen molar-refractivity contribution in [3.05, 3.63) is 30.3 Å². The first kappa shape index (κ1) is 14.9. The van der Waals surface area contributed by atoms with Gasteiger partial charge in [-0.15, -0.1) is 0 Å². The van der Waals surface area contributed by atoms with Crippen LogP contribution < -0.4 is 5.19 Å². The van der Waals surface area contributed by atoms with Crippen LogP contribution >= 0.6 is 0 Å². The van der Waals surface area contributed by atoms with Gasteiger partial charge in [0.05, 0.1) is 6.61 Å². The summed E-state index contributed by atoms with van der Waals surface area (Å²) >= 11 is 0. The van der Waals surface area contributed by atoms with Gasteiger partial charge in [-0.25, -0.2) is 0 Å². The quantitative estimate of drug-likeness (QED) is 0.432. The zero-order valence-electron chi connectivity index (χ0n) is 11.4. The molecule has 1 rings (SSSR count). The summed E-state index contributed by atoms with van der Waals surface area (Å²) in [5.41, 5.74) is 0. The maximum Gasteiger partial charge on any atom is 0.302 e. The summed E-state index contributed by atoms with van der Waals surface area (Å²) < 4.78 is 10.9. The summed E-state index contributed by atoms with van der Waals surface area (Å²) in [4.78, 5) is 10.6. The van der Waals surface area contributed by atoms with E-state index in [1.165, 1.54) is 12.1 Å². The van der Waals surface area contributed by atoms with Gasteiger partial charge < -0.3 is 9.16 Å². The number of benzene rings is 1. The molecule has 0 aromatic heterocycles. The molecule has 0 aliphatic rings. The number of unbranched alkanes of at least 4 members (excludes halogenated alkanes) is 1. The average molecular weight is 266 g/mol. The molecule has 0 amide bonds. The van der Waals surface area contributed by atoms with Crippen LogP contribution in [0.2, 0.25) is 13.1 Å². The first-order chi connectivity index (χ1) is 8.52. The second kappa shape index (κ2) is 7.33. The molecular formula is C14H22O3Si. The van der Waals surface area contributed by atoms with Crippen LogP contribution in [0.1, 0.15) is 19.8 Å². The van der Waals surface area contributed by atoms with Crippen molar-refractivity contribution in [3.63, 3.8) is 0 Å². The van der Waals surface area contributed by atoms with E-state index in [2.05, 4.69) is 25.2 Å². The van der Waals surface area contributed by atoms with E-state index in [1.54, 1.807) is 0 Å². The molecule has 0 unspecified atom stereocenters. The smallest absolute Gasteiger partial charge is 0.302 e. The van der Waals surface area contributed by atoms with Crippen LogP contribution in [-0.4, -0.2) is 27.5 Å². The third-order valence-corrected chi connectivity index (χ3v) is 5.43. The zero-order chi connectivity index (χ0) is 13.4. The van der Waals surface area contributed by atoms with Crippen molar-refractivity contribution in [3.8, 4) is 0 Å². The first-order valence-corrected chi connectivity index (χ1v) is 9.26. The third-order valence-electron chi connectivity index (χ3n) is 2.78. The van der Waals surface area contributed by atoms with E-state index in [9.17, 15) is 4.79 Å². The maximum absolute atomic E-state index is 10.6. The van der Waals surface area contributed by atoms with Crippen LogP contribution in [0, 0.1) is 0 Å². The van der Waals surface area contributed by atoms with E-state index in [0.717, 1.165) is 19.4 Å². The number of hydrogen-bond acceptors (Lipinski definition) is 3. The molecule has 0 N–H and O–H groups in total. The van der Waals surface area contributed by atoms with E-state index in [1.807, 2.05) is 18.2 Å². The summed E-state index contributed by atoms with van der Waals surface area (Å²) in [7, 11) is -1.77. The van der Waals surface area contributed by atoms with Crippen LogP contribution in [0.25, 0.3) is 0 Å². The van der Waals surface area contributed by atoms with Gasteiger partial charge in [-0.3, -0.25) is 4.79 Å². The minimum Gasteiger partial charge on any atom is -0.466 e. The summed E-state index contributed by atoms with van der Waals surface area (Å²) in [6, 6.07) is 10.4. The molecule has 0 atom stereocenters. The van der Waals surface area contributed by atoms with Gasteiger partial charge >= 0.3 is 5.97 Å². The van der Waals surface area contributed by atoms with E-state index in [0.29, 0.717) is 6.61 Å². The molecule has 0 bridgehead atoms. The Morgan fingerprint density at radius 2 is 1.72 bits per heavy atom. The fourth-order valence-electron chi connectivity index (χ4n) is 1.67. The van der Waals surface area contributed by atoms with Gasteiger partial charge in [0, 0.05) is 13.5 Å². The summed E-state index contributed by atoms with van der Waals surface area (Å²) in [6.07, 6.45) is 1.79. The minimum atomic E-state index is -1.77. The number of ether oxygens (including phenoxy) is 1. The van der Waals surface area contributed by atoms with Crippen LogP contribution in [-0.2, 0) is 14.0 Å². The highest BCUT2D eigenvalue weighted by Gasteiger charge is 2.24. The van der Waals surface area contributed by atoms with Crippen molar-refractivity contribution in [2.45, 2.75) is 32.9 Å². The van der Waals surface area contributed by atoms with Crippen molar-refractivity contribution in [1.82, 2.24) is 0 Å². The third kappa shape index (κ3) is 5.47. The molecule has 0 aliphatic heterocycles. The van der Waals surface area contributed by atoms with Crippen molar-refractivity contribution in [2.24, 2.45) is 0 Å². The molecule has 0 spiro atoms. The Kier molecular flexibility index (Phi) is 6.08. The monoisotopic (exact) mass is 266 g/mol. The zero-order valence-corrected chi connectivity index (χ0v) is 12.4. The Morgan fingerprint density at radius 3 is 2.33 bits per heavy atom. The predicted octanol–water partition coefficient (Wildman–Crippen LogP) is 2.46. The van der Waals surface area contributed by atoms with Crippen molar-refractivity contribution >= 4 is 19.5 Å². The van der Waals surface area contributed by atoms with Gasteiger partial charge in [0.15, 0.2) is 0 Å². The fraction of sp³-hybridized carbons (Fsp3) is 0.500. The van der Waals surface area contributed by atoms with E-state index in [-0.39, 0.29) is 5.97 Å². The molecule has 0 heterocycles. The van der Waals surface area contributed by atoms with Crippen molar-refractivity contribution < 1.29 is 14.0 Å². The maximum atomic E-state index is 10.6. The SMILES string of the molecule is CC(=O)OCCCCO[Si](C)(C)c1ccccc1. The fourth-order valence-corrected chi connectivity index (χ4v) is 3.49. The molecule has 0 saturated heterocycles. The van der Waals surface area contributed by atoms with Crippen LogP contribution in [0.15, 0.2) is 30.3 Å². The Hall–Kier alpha value is -1.13. The topological polar surface area (TPSA) is 35.5 Å². The Bertz CT molecular complexity index is 363. The second-order valence-corrected chi connectivity index (χ2v) is 8.66. The molecule has 0 saturated carbocycles. The molecular weight excluding hydrogens is 244 g/mol.